The minimum atomic E-state index is -3.05. The Bertz CT molecular complexity index is 741. The first kappa shape index (κ1) is 18.1. The predicted molar refractivity (Wildman–Crippen MR) is 90.1 cm³/mol. The van der Waals surface area contributed by atoms with Crippen LogP contribution in [-0.2, 0) is 9.84 Å². The van der Waals surface area contributed by atoms with Crippen molar-refractivity contribution in [3.05, 3.63) is 35.4 Å². The standard InChI is InChI=1S/C17H22F2N2O3S/c1-20(13-7-10-25(23,24)11-13)17(22)21-8-5-12(6-9-21)16-14(18)3-2-4-15(16)19/h2-4,12-13H,5-11H2,1H3. The first-order valence-corrected chi connectivity index (χ1v) is 10.3. The molecule has 1 unspecified atom stereocenters. The highest BCUT2D eigenvalue weighted by Crippen LogP contribution is 2.32. The topological polar surface area (TPSA) is 57.7 Å². The fraction of sp³-hybridized carbons (Fsp3) is 0.588. The number of hydrogen-bond donors (Lipinski definition) is 0. The average Bonchev–Trinajstić information content (AvgIpc) is 2.94. The molecule has 2 aliphatic rings. The summed E-state index contributed by atoms with van der Waals surface area (Å²) in [5, 5.41) is 0. The molecule has 1 aromatic rings. The third-order valence-electron chi connectivity index (χ3n) is 5.23. The molecule has 138 valence electrons. The fourth-order valence-corrected chi connectivity index (χ4v) is 5.49. The van der Waals surface area contributed by atoms with Gasteiger partial charge in [-0.05, 0) is 37.3 Å². The Balaban J connectivity index is 1.61. The molecule has 8 heteroatoms. The second-order valence-electron chi connectivity index (χ2n) is 6.85. The van der Waals surface area contributed by atoms with Crippen molar-refractivity contribution in [3.63, 3.8) is 0 Å². The number of urea groups is 1. The largest absolute Gasteiger partial charge is 0.325 e. The van der Waals surface area contributed by atoms with Crippen molar-refractivity contribution in [1.29, 1.82) is 0 Å². The number of halogens is 2. The number of amides is 2. The van der Waals surface area contributed by atoms with E-state index in [1.165, 1.54) is 23.1 Å². The smallest absolute Gasteiger partial charge is 0.320 e. The van der Waals surface area contributed by atoms with Gasteiger partial charge in [0.05, 0.1) is 11.5 Å². The second-order valence-corrected chi connectivity index (χ2v) is 9.08. The van der Waals surface area contributed by atoms with E-state index in [0.29, 0.717) is 32.4 Å². The first-order valence-electron chi connectivity index (χ1n) is 8.44. The summed E-state index contributed by atoms with van der Waals surface area (Å²) in [6, 6.07) is 3.35. The van der Waals surface area contributed by atoms with Gasteiger partial charge in [-0.15, -0.1) is 0 Å². The number of piperidine rings is 1. The molecular formula is C17H22F2N2O3S. The van der Waals surface area contributed by atoms with Gasteiger partial charge in [0.25, 0.3) is 0 Å². The third-order valence-corrected chi connectivity index (χ3v) is 6.98. The molecule has 0 radical (unpaired) electrons. The number of benzene rings is 1. The quantitative estimate of drug-likeness (QED) is 0.801. The lowest BCUT2D eigenvalue weighted by molar-refractivity contribution is 0.137. The van der Waals surface area contributed by atoms with Crippen LogP contribution < -0.4 is 0 Å². The van der Waals surface area contributed by atoms with Crippen molar-refractivity contribution in [2.45, 2.75) is 31.2 Å². The van der Waals surface area contributed by atoms with E-state index in [-0.39, 0.29) is 35.1 Å². The van der Waals surface area contributed by atoms with E-state index in [9.17, 15) is 22.0 Å². The van der Waals surface area contributed by atoms with Gasteiger partial charge in [0.1, 0.15) is 11.6 Å². The Hall–Kier alpha value is -1.70. The van der Waals surface area contributed by atoms with Crippen molar-refractivity contribution in [3.8, 4) is 0 Å². The van der Waals surface area contributed by atoms with E-state index in [1.807, 2.05) is 0 Å². The van der Waals surface area contributed by atoms with Gasteiger partial charge < -0.3 is 9.80 Å². The van der Waals surface area contributed by atoms with Crippen LogP contribution in [0.25, 0.3) is 0 Å². The Morgan fingerprint density at radius 3 is 2.28 bits per heavy atom. The summed E-state index contributed by atoms with van der Waals surface area (Å²) < 4.78 is 51.0. The summed E-state index contributed by atoms with van der Waals surface area (Å²) in [6.45, 7) is 0.808. The second kappa shape index (κ2) is 6.90. The molecule has 1 aromatic carbocycles. The zero-order valence-corrected chi connectivity index (χ0v) is 14.9. The van der Waals surface area contributed by atoms with Gasteiger partial charge in [-0.3, -0.25) is 0 Å². The summed E-state index contributed by atoms with van der Waals surface area (Å²) in [5.41, 5.74) is 0.102. The minimum Gasteiger partial charge on any atom is -0.325 e. The van der Waals surface area contributed by atoms with Gasteiger partial charge in [0.2, 0.25) is 0 Å². The normalized spacial score (nSPS) is 23.6. The van der Waals surface area contributed by atoms with E-state index >= 15 is 0 Å². The van der Waals surface area contributed by atoms with Crippen LogP contribution in [0.3, 0.4) is 0 Å². The molecule has 2 amide bonds. The van der Waals surface area contributed by atoms with E-state index in [2.05, 4.69) is 0 Å². The summed E-state index contributed by atoms with van der Waals surface area (Å²) in [5.74, 6) is -1.21. The number of hydrogen-bond acceptors (Lipinski definition) is 3. The molecule has 3 rings (SSSR count). The first-order chi connectivity index (χ1) is 11.8. The summed E-state index contributed by atoms with van der Waals surface area (Å²) in [7, 11) is -1.43. The van der Waals surface area contributed by atoms with Crippen molar-refractivity contribution in [2.24, 2.45) is 0 Å². The van der Waals surface area contributed by atoms with Crippen molar-refractivity contribution in [1.82, 2.24) is 9.80 Å². The molecular weight excluding hydrogens is 350 g/mol. The minimum absolute atomic E-state index is 0.00609. The molecule has 0 spiro atoms. The number of carbonyl (C=O) groups excluding carboxylic acids is 1. The summed E-state index contributed by atoms with van der Waals surface area (Å²) >= 11 is 0. The Morgan fingerprint density at radius 1 is 1.16 bits per heavy atom. The third kappa shape index (κ3) is 3.78. The van der Waals surface area contributed by atoms with Crippen molar-refractivity contribution >= 4 is 15.9 Å². The summed E-state index contributed by atoms with van der Waals surface area (Å²) in [6.07, 6.45) is 1.43. The lowest BCUT2D eigenvalue weighted by Crippen LogP contribution is -2.49. The van der Waals surface area contributed by atoms with Crippen LogP contribution in [0.4, 0.5) is 13.6 Å². The highest BCUT2D eigenvalue weighted by Gasteiger charge is 2.35. The zero-order valence-electron chi connectivity index (χ0n) is 14.1. The average molecular weight is 372 g/mol. The lowest BCUT2D eigenvalue weighted by Gasteiger charge is -2.36. The van der Waals surface area contributed by atoms with E-state index in [1.54, 1.807) is 11.9 Å². The zero-order chi connectivity index (χ0) is 18.2. The Labute approximate surface area is 146 Å². The molecule has 0 bridgehead atoms. The molecule has 2 heterocycles. The highest BCUT2D eigenvalue weighted by molar-refractivity contribution is 7.91. The number of carbonyl (C=O) groups is 1. The summed E-state index contributed by atoms with van der Waals surface area (Å²) in [4.78, 5) is 15.7. The Kier molecular flexibility index (Phi) is 4.99. The van der Waals surface area contributed by atoms with Crippen LogP contribution in [0, 0.1) is 11.6 Å². The van der Waals surface area contributed by atoms with Gasteiger partial charge in [0, 0.05) is 31.7 Å². The van der Waals surface area contributed by atoms with Gasteiger partial charge in [-0.1, -0.05) is 6.07 Å². The van der Waals surface area contributed by atoms with Gasteiger partial charge in [0.15, 0.2) is 9.84 Å². The lowest BCUT2D eigenvalue weighted by atomic mass is 9.89. The number of likely N-dealkylation sites (tertiary alicyclic amines) is 1. The van der Waals surface area contributed by atoms with Crippen molar-refractivity contribution in [2.75, 3.05) is 31.6 Å². The van der Waals surface area contributed by atoms with E-state index in [4.69, 9.17) is 0 Å². The SMILES string of the molecule is CN(C(=O)N1CCC(c2c(F)cccc2F)CC1)C1CCS(=O)(=O)C1. The molecule has 2 fully saturated rings. The van der Waals surface area contributed by atoms with Crippen LogP contribution >= 0.6 is 0 Å². The van der Waals surface area contributed by atoms with Gasteiger partial charge >= 0.3 is 6.03 Å². The molecule has 2 aliphatic heterocycles. The fourth-order valence-electron chi connectivity index (χ4n) is 3.72. The van der Waals surface area contributed by atoms with Gasteiger partial charge in [-0.2, -0.15) is 0 Å². The van der Waals surface area contributed by atoms with E-state index in [0.717, 1.165) is 0 Å². The molecule has 0 saturated carbocycles. The molecule has 2 saturated heterocycles. The van der Waals surface area contributed by atoms with Gasteiger partial charge in [-0.25, -0.2) is 22.0 Å². The maximum absolute atomic E-state index is 13.9. The van der Waals surface area contributed by atoms with Crippen LogP contribution in [0.5, 0.6) is 0 Å². The number of sulfone groups is 1. The maximum atomic E-state index is 13.9. The number of nitrogens with zero attached hydrogens (tertiary/aromatic N) is 2. The number of rotatable bonds is 2. The monoisotopic (exact) mass is 372 g/mol. The molecule has 0 aromatic heterocycles. The molecule has 5 nitrogen and oxygen atoms in total. The molecule has 0 N–H and O–H groups in total. The Morgan fingerprint density at radius 2 is 1.76 bits per heavy atom. The van der Waals surface area contributed by atoms with Crippen LogP contribution in [0.2, 0.25) is 0 Å². The predicted octanol–water partition coefficient (Wildman–Crippen LogP) is 2.38. The maximum Gasteiger partial charge on any atom is 0.320 e. The highest BCUT2D eigenvalue weighted by atomic mass is 32.2. The van der Waals surface area contributed by atoms with Crippen LogP contribution in [0.1, 0.15) is 30.7 Å². The molecule has 25 heavy (non-hydrogen) atoms. The molecule has 1 atom stereocenters. The van der Waals surface area contributed by atoms with Crippen LogP contribution in [-0.4, -0.2) is 61.9 Å². The molecule has 0 aliphatic carbocycles. The van der Waals surface area contributed by atoms with Crippen LogP contribution in [0.15, 0.2) is 18.2 Å². The van der Waals surface area contributed by atoms with E-state index < -0.39 is 21.5 Å². The van der Waals surface area contributed by atoms with Crippen molar-refractivity contribution < 1.29 is 22.0 Å².